The highest BCUT2D eigenvalue weighted by molar-refractivity contribution is 6.74. The number of nitrogens with one attached hydrogen (secondary N) is 1. The SMILES string of the molecule is CC(C)(C)[Si](C)(C)OCCc1c[nH]c(CC=O)n1. The molecule has 0 atom stereocenters. The Morgan fingerprint density at radius 2 is 2.11 bits per heavy atom. The Morgan fingerprint density at radius 1 is 1.44 bits per heavy atom. The van der Waals surface area contributed by atoms with E-state index in [4.69, 9.17) is 4.43 Å². The van der Waals surface area contributed by atoms with Crippen molar-refractivity contribution in [1.29, 1.82) is 0 Å². The molecule has 1 aromatic rings. The van der Waals surface area contributed by atoms with Crippen LogP contribution in [0.15, 0.2) is 6.20 Å². The average molecular weight is 268 g/mol. The second kappa shape index (κ2) is 5.80. The molecule has 0 saturated carbocycles. The van der Waals surface area contributed by atoms with Gasteiger partial charge in [0, 0.05) is 19.2 Å². The number of hydrogen-bond acceptors (Lipinski definition) is 3. The number of aldehydes is 1. The maximum atomic E-state index is 10.4. The largest absolute Gasteiger partial charge is 0.416 e. The van der Waals surface area contributed by atoms with Gasteiger partial charge in [0.1, 0.15) is 12.1 Å². The molecule has 0 aliphatic rings. The number of carbonyl (C=O) groups is 1. The highest BCUT2D eigenvalue weighted by atomic mass is 28.4. The monoisotopic (exact) mass is 268 g/mol. The second-order valence-corrected chi connectivity index (χ2v) is 10.9. The van der Waals surface area contributed by atoms with E-state index in [1.807, 2.05) is 6.20 Å². The molecule has 1 N–H and O–H groups in total. The molecule has 1 rings (SSSR count). The second-order valence-electron chi connectivity index (χ2n) is 6.07. The lowest BCUT2D eigenvalue weighted by Crippen LogP contribution is -2.41. The smallest absolute Gasteiger partial charge is 0.191 e. The highest BCUT2D eigenvalue weighted by Crippen LogP contribution is 2.36. The van der Waals surface area contributed by atoms with Crippen LogP contribution >= 0.6 is 0 Å². The summed E-state index contributed by atoms with van der Waals surface area (Å²) in [5, 5.41) is 0.237. The molecule has 4 nitrogen and oxygen atoms in total. The predicted molar refractivity (Wildman–Crippen MR) is 75.2 cm³/mol. The summed E-state index contributed by atoms with van der Waals surface area (Å²) >= 11 is 0. The van der Waals surface area contributed by atoms with Crippen LogP contribution in [0.5, 0.6) is 0 Å². The number of nitrogens with zero attached hydrogens (tertiary/aromatic N) is 1. The van der Waals surface area contributed by atoms with Crippen LogP contribution in [-0.2, 0) is 22.1 Å². The van der Waals surface area contributed by atoms with Crippen molar-refractivity contribution < 1.29 is 9.22 Å². The number of H-pyrrole nitrogens is 1. The Kier molecular flexibility index (Phi) is 4.87. The number of aromatic amines is 1. The number of carbonyl (C=O) groups excluding carboxylic acids is 1. The van der Waals surface area contributed by atoms with Gasteiger partial charge < -0.3 is 14.2 Å². The van der Waals surface area contributed by atoms with Gasteiger partial charge >= 0.3 is 0 Å². The molecule has 0 unspecified atom stereocenters. The summed E-state index contributed by atoms with van der Waals surface area (Å²) in [6, 6.07) is 0. The molecule has 1 aromatic heterocycles. The number of imidazole rings is 1. The van der Waals surface area contributed by atoms with Crippen molar-refractivity contribution in [3.05, 3.63) is 17.7 Å². The molecule has 0 radical (unpaired) electrons. The third kappa shape index (κ3) is 4.06. The van der Waals surface area contributed by atoms with E-state index >= 15 is 0 Å². The third-order valence-corrected chi connectivity index (χ3v) is 8.13. The Balaban J connectivity index is 2.44. The van der Waals surface area contributed by atoms with Crippen molar-refractivity contribution in [3.8, 4) is 0 Å². The minimum absolute atomic E-state index is 0.237. The molecule has 5 heteroatoms. The Bertz CT molecular complexity index is 394. The fourth-order valence-corrected chi connectivity index (χ4v) is 2.39. The summed E-state index contributed by atoms with van der Waals surface area (Å²) in [6.07, 6.45) is 3.85. The van der Waals surface area contributed by atoms with Gasteiger partial charge in [0.2, 0.25) is 0 Å². The van der Waals surface area contributed by atoms with E-state index in [1.54, 1.807) is 0 Å². The standard InChI is InChI=1S/C13H24N2O2Si/c1-13(2,3)18(4,5)17-9-7-11-10-14-12(15-11)6-8-16/h8,10H,6-7,9H2,1-5H3,(H,14,15). The zero-order valence-electron chi connectivity index (χ0n) is 12.0. The lowest BCUT2D eigenvalue weighted by molar-refractivity contribution is -0.107. The van der Waals surface area contributed by atoms with E-state index in [2.05, 4.69) is 43.8 Å². The first-order chi connectivity index (χ1) is 8.26. The maximum Gasteiger partial charge on any atom is 0.191 e. The summed E-state index contributed by atoms with van der Waals surface area (Å²) in [5.41, 5.74) is 0.963. The van der Waals surface area contributed by atoms with Crippen LogP contribution in [0, 0.1) is 0 Å². The molecule has 0 bridgehead atoms. The first kappa shape index (κ1) is 15.1. The van der Waals surface area contributed by atoms with E-state index in [-0.39, 0.29) is 5.04 Å². The predicted octanol–water partition coefficient (Wildman–Crippen LogP) is 2.72. The summed E-state index contributed by atoms with van der Waals surface area (Å²) in [7, 11) is -1.66. The van der Waals surface area contributed by atoms with E-state index in [0.717, 1.165) is 24.2 Å². The molecule has 0 aliphatic carbocycles. The maximum absolute atomic E-state index is 10.4. The Hall–Kier alpha value is -0.943. The molecule has 0 amide bonds. The fourth-order valence-electron chi connectivity index (χ4n) is 1.34. The van der Waals surface area contributed by atoms with E-state index < -0.39 is 8.32 Å². The van der Waals surface area contributed by atoms with Crippen LogP contribution in [0.25, 0.3) is 0 Å². The normalized spacial score (nSPS) is 12.7. The molecule has 1 heterocycles. The molecule has 0 fully saturated rings. The average Bonchev–Trinajstić information content (AvgIpc) is 2.64. The van der Waals surface area contributed by atoms with Crippen molar-refractivity contribution in [2.45, 2.75) is 51.7 Å². The lowest BCUT2D eigenvalue weighted by Gasteiger charge is -2.36. The van der Waals surface area contributed by atoms with E-state index in [0.29, 0.717) is 13.0 Å². The lowest BCUT2D eigenvalue weighted by atomic mass is 10.2. The van der Waals surface area contributed by atoms with Gasteiger partial charge in [-0.2, -0.15) is 0 Å². The van der Waals surface area contributed by atoms with Crippen LogP contribution in [0.3, 0.4) is 0 Å². The van der Waals surface area contributed by atoms with E-state index in [1.165, 1.54) is 0 Å². The first-order valence-corrected chi connectivity index (χ1v) is 9.28. The molecule has 102 valence electrons. The molecule has 18 heavy (non-hydrogen) atoms. The minimum atomic E-state index is -1.66. The molecule has 0 aromatic carbocycles. The Morgan fingerprint density at radius 3 is 2.67 bits per heavy atom. The Labute approximate surface area is 110 Å². The summed E-state index contributed by atoms with van der Waals surface area (Å²) < 4.78 is 6.08. The van der Waals surface area contributed by atoms with Crippen molar-refractivity contribution in [2.24, 2.45) is 0 Å². The van der Waals surface area contributed by atoms with Gasteiger partial charge in [0.05, 0.1) is 12.1 Å². The zero-order valence-corrected chi connectivity index (χ0v) is 13.0. The van der Waals surface area contributed by atoms with Crippen LogP contribution in [0.2, 0.25) is 18.1 Å². The van der Waals surface area contributed by atoms with Crippen molar-refractivity contribution in [1.82, 2.24) is 9.97 Å². The quantitative estimate of drug-likeness (QED) is 0.637. The van der Waals surface area contributed by atoms with Crippen LogP contribution < -0.4 is 0 Å². The first-order valence-electron chi connectivity index (χ1n) is 6.37. The van der Waals surface area contributed by atoms with Crippen LogP contribution in [-0.4, -0.2) is 31.2 Å². The highest BCUT2D eigenvalue weighted by Gasteiger charge is 2.36. The molecule has 0 saturated heterocycles. The third-order valence-electron chi connectivity index (χ3n) is 3.59. The van der Waals surface area contributed by atoms with Gasteiger partial charge in [-0.1, -0.05) is 20.8 Å². The molecular weight excluding hydrogens is 244 g/mol. The van der Waals surface area contributed by atoms with Gasteiger partial charge in [0.25, 0.3) is 0 Å². The van der Waals surface area contributed by atoms with Gasteiger partial charge in [0.15, 0.2) is 8.32 Å². The van der Waals surface area contributed by atoms with Crippen molar-refractivity contribution in [3.63, 3.8) is 0 Å². The van der Waals surface area contributed by atoms with E-state index in [9.17, 15) is 4.79 Å². The topological polar surface area (TPSA) is 55.0 Å². The fraction of sp³-hybridized carbons (Fsp3) is 0.692. The molecular formula is C13H24N2O2Si. The molecule has 0 aliphatic heterocycles. The van der Waals surface area contributed by atoms with Gasteiger partial charge in [-0.3, -0.25) is 0 Å². The number of aromatic nitrogens is 2. The van der Waals surface area contributed by atoms with Gasteiger partial charge in [-0.15, -0.1) is 0 Å². The minimum Gasteiger partial charge on any atom is -0.416 e. The van der Waals surface area contributed by atoms with Crippen LogP contribution in [0.4, 0.5) is 0 Å². The summed E-state index contributed by atoms with van der Waals surface area (Å²) in [6.45, 7) is 11.9. The summed E-state index contributed by atoms with van der Waals surface area (Å²) in [4.78, 5) is 17.7. The van der Waals surface area contributed by atoms with Crippen molar-refractivity contribution in [2.75, 3.05) is 6.61 Å². The number of hydrogen-bond donors (Lipinski definition) is 1. The van der Waals surface area contributed by atoms with Gasteiger partial charge in [-0.05, 0) is 18.1 Å². The zero-order chi connectivity index (χ0) is 13.8. The van der Waals surface area contributed by atoms with Crippen molar-refractivity contribution >= 4 is 14.6 Å². The number of rotatable bonds is 6. The van der Waals surface area contributed by atoms with Crippen LogP contribution in [0.1, 0.15) is 32.3 Å². The summed E-state index contributed by atoms with van der Waals surface area (Å²) in [5.74, 6) is 0.729. The molecule has 0 spiro atoms. The van der Waals surface area contributed by atoms with Gasteiger partial charge in [-0.25, -0.2) is 4.98 Å².